The molecule has 8 heteroatoms. The Morgan fingerprint density at radius 3 is 2.58 bits per heavy atom. The zero-order valence-electron chi connectivity index (χ0n) is 16.0. The van der Waals surface area contributed by atoms with E-state index in [9.17, 15) is 14.7 Å². The molecule has 1 atom stereocenters. The van der Waals surface area contributed by atoms with Gasteiger partial charge in [-0.15, -0.1) is 0 Å². The Morgan fingerprint density at radius 1 is 1.03 bits per heavy atom. The van der Waals surface area contributed by atoms with Gasteiger partial charge in [-0.05, 0) is 54.1 Å². The summed E-state index contributed by atoms with van der Waals surface area (Å²) in [5.41, 5.74) is 1.38. The first kappa shape index (κ1) is 19.1. The van der Waals surface area contributed by atoms with Crippen molar-refractivity contribution < 1.29 is 24.2 Å². The molecule has 1 fully saturated rings. The quantitative estimate of drug-likeness (QED) is 0.379. The molecule has 2 aromatic carbocycles. The Bertz CT molecular complexity index is 1240. The van der Waals surface area contributed by atoms with Crippen molar-refractivity contribution in [1.29, 1.82) is 0 Å². The monoisotopic (exact) mass is 434 g/mol. The molecule has 0 aliphatic carbocycles. The number of carbonyl (C=O) groups excluding carboxylic acids is 2. The van der Waals surface area contributed by atoms with Crippen LogP contribution in [0.15, 0.2) is 72.6 Å². The number of hydrogen-bond donors (Lipinski definition) is 1. The van der Waals surface area contributed by atoms with Crippen LogP contribution in [0.4, 0.5) is 5.69 Å². The van der Waals surface area contributed by atoms with Crippen LogP contribution in [0.25, 0.3) is 5.76 Å². The Balaban J connectivity index is 1.70. The molecule has 2 aliphatic rings. The Labute approximate surface area is 182 Å². The first-order valence-corrected chi connectivity index (χ1v) is 9.79. The van der Waals surface area contributed by atoms with Gasteiger partial charge in [0.1, 0.15) is 5.76 Å². The topological polar surface area (TPSA) is 89.0 Å². The number of carbonyl (C=O) groups is 2. The minimum absolute atomic E-state index is 0.0324. The molecule has 2 aliphatic heterocycles. The number of fused-ring (bicyclic) bond motifs is 1. The van der Waals surface area contributed by atoms with Gasteiger partial charge < -0.3 is 14.6 Å². The van der Waals surface area contributed by atoms with Crippen molar-refractivity contribution in [2.24, 2.45) is 0 Å². The second kappa shape index (κ2) is 7.45. The fourth-order valence-electron chi connectivity index (χ4n) is 3.79. The summed E-state index contributed by atoms with van der Waals surface area (Å²) >= 11 is 6.13. The number of aromatic nitrogens is 1. The molecule has 1 amide bonds. The molecule has 0 saturated carbocycles. The average Bonchev–Trinajstić information content (AvgIpc) is 3.36. The summed E-state index contributed by atoms with van der Waals surface area (Å²) in [6.45, 7) is 0.0791. The molecule has 3 aromatic rings. The summed E-state index contributed by atoms with van der Waals surface area (Å²) in [6, 6.07) is 14.0. The van der Waals surface area contributed by atoms with E-state index in [1.165, 1.54) is 4.90 Å². The van der Waals surface area contributed by atoms with E-state index in [-0.39, 0.29) is 18.1 Å². The van der Waals surface area contributed by atoms with Crippen molar-refractivity contribution in [2.75, 3.05) is 11.7 Å². The molecular formula is C23H15ClN2O5. The molecule has 1 aromatic heterocycles. The van der Waals surface area contributed by atoms with Gasteiger partial charge in [-0.1, -0.05) is 17.7 Å². The summed E-state index contributed by atoms with van der Waals surface area (Å²) in [5.74, 6) is -0.860. The average molecular weight is 435 g/mol. The fourth-order valence-corrected chi connectivity index (χ4v) is 3.97. The third kappa shape index (κ3) is 3.19. The highest BCUT2D eigenvalue weighted by Crippen LogP contribution is 2.43. The molecule has 3 heterocycles. The highest BCUT2D eigenvalue weighted by Gasteiger charge is 2.47. The van der Waals surface area contributed by atoms with Gasteiger partial charge >= 0.3 is 0 Å². The maximum atomic E-state index is 13.1. The van der Waals surface area contributed by atoms with Gasteiger partial charge in [-0.2, -0.15) is 0 Å². The smallest absolute Gasteiger partial charge is 0.300 e. The second-order valence-electron chi connectivity index (χ2n) is 7.00. The number of Topliss-reactive ketones (excluding diaryl/α,β-unsaturated/α-hetero) is 1. The maximum absolute atomic E-state index is 13.1. The van der Waals surface area contributed by atoms with E-state index in [1.54, 1.807) is 67.0 Å². The Hall–Kier alpha value is -3.84. The lowest BCUT2D eigenvalue weighted by Crippen LogP contribution is -2.29. The lowest BCUT2D eigenvalue weighted by Gasteiger charge is -2.25. The van der Waals surface area contributed by atoms with Crippen LogP contribution in [0.2, 0.25) is 5.02 Å². The number of ketones is 1. The van der Waals surface area contributed by atoms with Crippen LogP contribution < -0.4 is 14.4 Å². The van der Waals surface area contributed by atoms with Crippen LogP contribution in [0.5, 0.6) is 11.5 Å². The molecule has 1 N–H and O–H groups in total. The van der Waals surface area contributed by atoms with Gasteiger partial charge in [0, 0.05) is 28.7 Å². The number of aliphatic hydroxyl groups is 1. The van der Waals surface area contributed by atoms with Crippen molar-refractivity contribution in [3.05, 3.63) is 88.7 Å². The lowest BCUT2D eigenvalue weighted by atomic mass is 9.95. The first-order chi connectivity index (χ1) is 15.0. The van der Waals surface area contributed by atoms with Crippen LogP contribution in [-0.4, -0.2) is 28.6 Å². The minimum atomic E-state index is -0.855. The molecule has 5 rings (SSSR count). The van der Waals surface area contributed by atoms with Crippen molar-refractivity contribution in [1.82, 2.24) is 4.98 Å². The zero-order chi connectivity index (χ0) is 21.5. The summed E-state index contributed by atoms with van der Waals surface area (Å²) in [5, 5.41) is 11.6. The van der Waals surface area contributed by atoms with Crippen LogP contribution in [0.3, 0.4) is 0 Å². The molecular weight excluding hydrogens is 420 g/mol. The van der Waals surface area contributed by atoms with Gasteiger partial charge in [0.2, 0.25) is 6.79 Å². The van der Waals surface area contributed by atoms with Crippen molar-refractivity contribution in [2.45, 2.75) is 6.04 Å². The van der Waals surface area contributed by atoms with Gasteiger partial charge in [0.05, 0.1) is 11.6 Å². The maximum Gasteiger partial charge on any atom is 0.300 e. The van der Waals surface area contributed by atoms with E-state index in [4.69, 9.17) is 21.1 Å². The second-order valence-corrected chi connectivity index (χ2v) is 7.43. The fraction of sp³-hybridized carbons (Fsp3) is 0.0870. The van der Waals surface area contributed by atoms with E-state index in [0.717, 1.165) is 0 Å². The molecule has 0 radical (unpaired) electrons. The number of aliphatic hydroxyl groups excluding tert-OH is 1. The van der Waals surface area contributed by atoms with E-state index in [0.29, 0.717) is 33.3 Å². The summed E-state index contributed by atoms with van der Waals surface area (Å²) in [6.07, 6.45) is 3.13. The summed E-state index contributed by atoms with van der Waals surface area (Å²) in [7, 11) is 0. The van der Waals surface area contributed by atoms with E-state index in [2.05, 4.69) is 4.98 Å². The number of rotatable bonds is 3. The van der Waals surface area contributed by atoms with Crippen molar-refractivity contribution in [3.8, 4) is 11.5 Å². The molecule has 0 spiro atoms. The van der Waals surface area contributed by atoms with E-state index < -0.39 is 17.7 Å². The summed E-state index contributed by atoms with van der Waals surface area (Å²) < 4.78 is 10.7. The highest BCUT2D eigenvalue weighted by molar-refractivity contribution is 6.51. The number of ether oxygens (including phenoxy) is 2. The number of nitrogens with zero attached hydrogens (tertiary/aromatic N) is 2. The number of benzene rings is 2. The zero-order valence-corrected chi connectivity index (χ0v) is 16.7. The minimum Gasteiger partial charge on any atom is -0.507 e. The van der Waals surface area contributed by atoms with Crippen LogP contribution >= 0.6 is 11.6 Å². The molecule has 7 nitrogen and oxygen atoms in total. The number of halogens is 1. The lowest BCUT2D eigenvalue weighted by molar-refractivity contribution is -0.132. The Kier molecular flexibility index (Phi) is 4.60. The van der Waals surface area contributed by atoms with Crippen LogP contribution in [0.1, 0.15) is 17.2 Å². The number of amides is 1. The molecule has 1 unspecified atom stereocenters. The number of pyridine rings is 1. The van der Waals surface area contributed by atoms with E-state index >= 15 is 0 Å². The molecule has 31 heavy (non-hydrogen) atoms. The standard InChI is InChI=1S/C23H15ClN2O5/c24-15-2-1-3-16(11-15)26-20(13-6-8-25-9-7-13)19(22(28)23(26)29)21(27)14-4-5-17-18(10-14)31-12-30-17/h1-11,20,27H,12H2/b21-19-. The summed E-state index contributed by atoms with van der Waals surface area (Å²) in [4.78, 5) is 31.5. The molecule has 1 saturated heterocycles. The van der Waals surface area contributed by atoms with Crippen molar-refractivity contribution in [3.63, 3.8) is 0 Å². The largest absolute Gasteiger partial charge is 0.507 e. The predicted octanol–water partition coefficient (Wildman–Crippen LogP) is 4.09. The SMILES string of the molecule is O=C1C(=O)N(c2cccc(Cl)c2)C(c2ccncc2)/C1=C(/O)c1ccc2c(c1)OCO2. The van der Waals surface area contributed by atoms with Gasteiger partial charge in [0.15, 0.2) is 11.5 Å². The molecule has 154 valence electrons. The third-order valence-corrected chi connectivity index (χ3v) is 5.43. The van der Waals surface area contributed by atoms with Crippen LogP contribution in [0, 0.1) is 0 Å². The van der Waals surface area contributed by atoms with Gasteiger partial charge in [0.25, 0.3) is 11.7 Å². The Morgan fingerprint density at radius 2 is 1.81 bits per heavy atom. The number of hydrogen-bond acceptors (Lipinski definition) is 6. The van der Waals surface area contributed by atoms with Gasteiger partial charge in [-0.3, -0.25) is 19.5 Å². The van der Waals surface area contributed by atoms with E-state index in [1.807, 2.05) is 0 Å². The third-order valence-electron chi connectivity index (χ3n) is 5.20. The van der Waals surface area contributed by atoms with Gasteiger partial charge in [-0.25, -0.2) is 0 Å². The molecule has 0 bridgehead atoms. The highest BCUT2D eigenvalue weighted by atomic mass is 35.5. The number of anilines is 1. The first-order valence-electron chi connectivity index (χ1n) is 9.41. The van der Waals surface area contributed by atoms with Crippen LogP contribution in [-0.2, 0) is 9.59 Å². The predicted molar refractivity (Wildman–Crippen MR) is 113 cm³/mol. The van der Waals surface area contributed by atoms with Crippen molar-refractivity contribution >= 4 is 34.7 Å². The normalized spacial score (nSPS) is 19.1.